The summed E-state index contributed by atoms with van der Waals surface area (Å²) in [5.74, 6) is -3.39. The molecule has 0 radical (unpaired) electrons. The van der Waals surface area contributed by atoms with Gasteiger partial charge in [0, 0.05) is 55.7 Å². The SMILES string of the molecule is CC(CO)(CO)COCCOCC(C)(CO)CO.COC(=O)OC(Cl)(Cl)Cl.COC(=O)OC(Cl)(Cl)Cl.COCCOC(=O)OCCOC(=O)OCC(C)(COC(C)=O)C(=O)OCCOC(=O)C(C)(COC)COC(C)=O.COCCOC(=O)OCCOC(C)=O.OCCO.OCCO.OCCO.OCCO.[2H]CI.[2H]CI. The molecule has 0 amide bonds. The van der Waals surface area contributed by atoms with Crippen molar-refractivity contribution >= 4 is 175 Å². The van der Waals surface area contributed by atoms with Crippen molar-refractivity contribution in [3.05, 3.63) is 0 Å². The van der Waals surface area contributed by atoms with Crippen LogP contribution in [0.5, 0.6) is 0 Å². The predicted molar refractivity (Wildman–Crippen MR) is 406 cm³/mol. The molecular formula is C60H114Cl6I2O42. The van der Waals surface area contributed by atoms with Crippen LogP contribution in [0, 0.1) is 21.7 Å². The number of hydrogen-bond acceptors (Lipinski definition) is 42. The van der Waals surface area contributed by atoms with Crippen LogP contribution in [0.1, 0.15) is 51.2 Å². The Bertz CT molecular complexity index is 2150. The largest absolute Gasteiger partial charge is 0.511 e. The Labute approximate surface area is 699 Å². The first kappa shape index (κ1) is 124. The number of aliphatic hydroxyl groups is 12. The Morgan fingerprint density at radius 2 is 0.536 bits per heavy atom. The number of alkyl halides is 8. The summed E-state index contributed by atoms with van der Waals surface area (Å²) in [5.41, 5.74) is -4.20. The van der Waals surface area contributed by atoms with Crippen LogP contribution in [0.25, 0.3) is 0 Å². The first-order chi connectivity index (χ1) is 52.3. The van der Waals surface area contributed by atoms with Crippen LogP contribution in [-0.4, -0.2) is 373 Å². The quantitative estimate of drug-likeness (QED) is 0.0138. The zero-order valence-corrected chi connectivity index (χ0v) is 72.1. The maximum Gasteiger partial charge on any atom is 0.511 e. The molecule has 0 aromatic heterocycles. The zero-order valence-electron chi connectivity index (χ0n) is 65.3. The van der Waals surface area contributed by atoms with Gasteiger partial charge in [0.05, 0.1) is 140 Å². The summed E-state index contributed by atoms with van der Waals surface area (Å²) in [6.07, 6.45) is -5.04. The number of carbonyl (C=O) groups is 10. The van der Waals surface area contributed by atoms with E-state index in [1.54, 1.807) is 13.8 Å². The molecule has 0 saturated heterocycles. The van der Waals surface area contributed by atoms with Crippen LogP contribution in [0.2, 0.25) is 0 Å². The fourth-order valence-electron chi connectivity index (χ4n) is 4.41. The molecule has 0 saturated carbocycles. The maximum absolute atomic E-state index is 12.7. The van der Waals surface area contributed by atoms with E-state index in [4.69, 9.17) is 181 Å². The molecular weight excluding hydrogens is 1860 g/mol. The predicted octanol–water partition coefficient (Wildman–Crippen LogP) is 2.34. The summed E-state index contributed by atoms with van der Waals surface area (Å²) in [5, 5.41) is 97.1. The standard InChI is InChI=1S/C24H38O16.C12H26O6.C8H14O6.2C3H3Cl3O3.4C2H6O2.2CH3I/c1-17(25)38-14-23(3,13-32-6)19(27)33-9-10-34-20(28)24(4,15-39-18(2)26)16-40-22(30)37-12-11-36-21(29)35-8-7-31-5;1-11(5-13,6-14)9-17-3-4-18-10-12(2,7-15)8-16;1-7(9)12-5-6-14-8(10)13-4-3-11-2;2*1-8-2(7)9-3(4,5)6;4*3-1-2-4;2*1-2/h7-16H2,1-6H3;13-16H,3-10H2,1-2H3;3-6H2,1-2H3;2*1H3;4*3-4H,1-2H2;2*1H3/i;;;;;;;;;2*1D. The second kappa shape index (κ2) is 90.8. The van der Waals surface area contributed by atoms with Crippen molar-refractivity contribution in [3.63, 3.8) is 0 Å². The van der Waals surface area contributed by atoms with E-state index >= 15 is 0 Å². The molecule has 42 nitrogen and oxygen atoms in total. The maximum atomic E-state index is 12.7. The summed E-state index contributed by atoms with van der Waals surface area (Å²) < 4.78 is 102. The Morgan fingerprint density at radius 1 is 0.309 bits per heavy atom. The van der Waals surface area contributed by atoms with E-state index in [0.29, 0.717) is 29.6 Å². The first-order valence-electron chi connectivity index (χ1n) is 32.2. The van der Waals surface area contributed by atoms with Crippen molar-refractivity contribution in [2.75, 3.05) is 244 Å². The summed E-state index contributed by atoms with van der Waals surface area (Å²) in [6, 6.07) is 0. The molecule has 0 spiro atoms. The first-order valence-corrected chi connectivity index (χ1v) is 36.1. The number of halogens is 8. The van der Waals surface area contributed by atoms with Crippen molar-refractivity contribution < 1.29 is 207 Å². The molecule has 50 heteroatoms. The van der Waals surface area contributed by atoms with Crippen LogP contribution >= 0.6 is 115 Å². The molecule has 2 unspecified atom stereocenters. The minimum Gasteiger partial charge on any atom is -0.465 e. The van der Waals surface area contributed by atoms with E-state index in [1.807, 2.05) is 45.2 Å². The number of hydrogen-bond donors (Lipinski definition) is 12. The molecule has 0 aliphatic rings. The van der Waals surface area contributed by atoms with Crippen molar-refractivity contribution in [1.29, 1.82) is 0 Å². The zero-order chi connectivity index (χ0) is 89.5. The third-order valence-corrected chi connectivity index (χ3v) is 10.2. The molecule has 0 aliphatic heterocycles. The highest BCUT2D eigenvalue weighted by molar-refractivity contribution is 14.1. The fourth-order valence-corrected chi connectivity index (χ4v) is 4.78. The van der Waals surface area contributed by atoms with Gasteiger partial charge in [0.15, 0.2) is 0 Å². The van der Waals surface area contributed by atoms with E-state index in [9.17, 15) is 47.9 Å². The number of esters is 5. The van der Waals surface area contributed by atoms with E-state index in [2.05, 4.69) is 47.4 Å². The van der Waals surface area contributed by atoms with Gasteiger partial charge in [-0.1, -0.05) is 59.0 Å². The van der Waals surface area contributed by atoms with Crippen LogP contribution in [0.15, 0.2) is 0 Å². The highest BCUT2D eigenvalue weighted by Crippen LogP contribution is 2.29. The summed E-state index contributed by atoms with van der Waals surface area (Å²) in [6.45, 7) is 7.15. The van der Waals surface area contributed by atoms with Gasteiger partial charge in [-0.05, 0) is 93.3 Å². The lowest BCUT2D eigenvalue weighted by molar-refractivity contribution is -0.174. The van der Waals surface area contributed by atoms with Gasteiger partial charge in [-0.15, -0.1) is 0 Å². The summed E-state index contributed by atoms with van der Waals surface area (Å²) >= 11 is 34.0. The van der Waals surface area contributed by atoms with Crippen molar-refractivity contribution in [3.8, 4) is 0 Å². The van der Waals surface area contributed by atoms with Crippen LogP contribution in [0.3, 0.4) is 0 Å². The number of ether oxygens (including phenoxy) is 20. The lowest BCUT2D eigenvalue weighted by Crippen LogP contribution is -2.41. The van der Waals surface area contributed by atoms with Crippen LogP contribution in [0.4, 0.5) is 24.0 Å². The molecule has 0 rings (SSSR count). The van der Waals surface area contributed by atoms with Crippen LogP contribution < -0.4 is 0 Å². The molecule has 0 bridgehead atoms. The van der Waals surface area contributed by atoms with Crippen molar-refractivity contribution in [2.45, 2.75) is 56.4 Å². The molecule has 0 aromatic rings. The lowest BCUT2D eigenvalue weighted by Gasteiger charge is -2.27. The van der Waals surface area contributed by atoms with Gasteiger partial charge in [-0.2, -0.15) is 0 Å². The second-order valence-corrected chi connectivity index (χ2v) is 24.5. The van der Waals surface area contributed by atoms with E-state index in [-0.39, 0.29) is 165 Å². The van der Waals surface area contributed by atoms with E-state index < -0.39 is 103 Å². The minimum atomic E-state index is -2.03. The molecule has 2 atom stereocenters. The monoisotopic (exact) mass is 1970 g/mol. The average molecular weight is 1980 g/mol. The third-order valence-electron chi connectivity index (χ3n) is 9.77. The summed E-state index contributed by atoms with van der Waals surface area (Å²) in [7, 11) is 6.50. The highest BCUT2D eigenvalue weighted by atomic mass is 127. The number of rotatable bonds is 40. The molecule has 0 aliphatic carbocycles. The highest BCUT2D eigenvalue weighted by Gasteiger charge is 2.40. The smallest absolute Gasteiger partial charge is 0.465 e. The van der Waals surface area contributed by atoms with Gasteiger partial charge < -0.3 is 156 Å². The van der Waals surface area contributed by atoms with Gasteiger partial charge in [0.1, 0.15) is 83.5 Å². The number of aliphatic hydroxyl groups excluding tert-OH is 12. The molecule has 0 fully saturated rings. The average Bonchev–Trinajstić information content (AvgIpc) is 0.854. The third kappa shape index (κ3) is 106. The molecule has 110 heavy (non-hydrogen) atoms. The topological polar surface area (TPSA) is 598 Å². The van der Waals surface area contributed by atoms with E-state index in [0.717, 1.165) is 21.1 Å². The Kier molecular flexibility index (Phi) is 103. The molecule has 12 N–H and O–H groups in total. The Morgan fingerprint density at radius 3 is 0.745 bits per heavy atom. The van der Waals surface area contributed by atoms with Gasteiger partial charge in [0.2, 0.25) is 0 Å². The Hall–Kier alpha value is -3.78. The van der Waals surface area contributed by atoms with Gasteiger partial charge in [-0.25, -0.2) is 24.0 Å². The van der Waals surface area contributed by atoms with Crippen LogP contribution in [-0.2, 0) is 119 Å². The number of carbonyl (C=O) groups excluding carboxylic acids is 10. The van der Waals surface area contributed by atoms with Gasteiger partial charge >= 0.3 is 68.6 Å². The molecule has 0 aromatic carbocycles. The van der Waals surface area contributed by atoms with Gasteiger partial charge in [-0.3, -0.25) is 24.0 Å². The number of methoxy groups -OCH3 is 5. The van der Waals surface area contributed by atoms with Gasteiger partial charge in [0.25, 0.3) is 0 Å². The molecule has 0 heterocycles. The Balaban J connectivity index is -0.000000130. The molecule has 662 valence electrons. The lowest BCUT2D eigenvalue weighted by atomic mass is 9.93. The van der Waals surface area contributed by atoms with E-state index in [1.165, 1.54) is 49.0 Å². The minimum absolute atomic E-state index is 0.00854. The summed E-state index contributed by atoms with van der Waals surface area (Å²) in [4.78, 5) is 113. The van der Waals surface area contributed by atoms with Crippen molar-refractivity contribution in [1.82, 2.24) is 0 Å². The second-order valence-electron chi connectivity index (χ2n) is 20.1. The van der Waals surface area contributed by atoms with Crippen molar-refractivity contribution in [2.24, 2.45) is 21.7 Å². The fraction of sp³-hybridized carbons (Fsp3) is 0.833. The normalized spacial score (nSPS) is 11.4.